The van der Waals surface area contributed by atoms with Crippen molar-refractivity contribution in [1.82, 2.24) is 14.5 Å². The standard InChI is InChI=1S/C23H27N5O2/c24-21(29)15-28-14-10-18-19(28)5-2-6-20(18)30-17-8-12-27(13-9-17)22-7-11-25-23(26-22)16-3-1-4-16/h2,5-7,10-11,14,16-17H,1,3-4,8-9,12-13,15H2,(H2,24,29). The molecule has 1 saturated carbocycles. The van der Waals surface area contributed by atoms with Gasteiger partial charge in [0.1, 0.15) is 30.0 Å². The molecule has 0 unspecified atom stereocenters. The van der Waals surface area contributed by atoms with E-state index in [4.69, 9.17) is 15.5 Å². The van der Waals surface area contributed by atoms with E-state index in [1.54, 1.807) is 0 Å². The Morgan fingerprint density at radius 3 is 2.70 bits per heavy atom. The fourth-order valence-corrected chi connectivity index (χ4v) is 4.39. The highest BCUT2D eigenvalue weighted by atomic mass is 16.5. The highest BCUT2D eigenvalue weighted by Crippen LogP contribution is 2.35. The maximum absolute atomic E-state index is 11.3. The highest BCUT2D eigenvalue weighted by Gasteiger charge is 2.25. The molecule has 0 radical (unpaired) electrons. The number of ether oxygens (including phenoxy) is 1. The summed E-state index contributed by atoms with van der Waals surface area (Å²) in [5.74, 6) is 3.10. The molecule has 1 amide bonds. The fraction of sp³-hybridized carbons (Fsp3) is 0.435. The number of rotatable bonds is 6. The number of nitrogens with two attached hydrogens (primary N) is 1. The minimum absolute atomic E-state index is 0.166. The molecule has 3 aromatic rings. The van der Waals surface area contributed by atoms with Crippen LogP contribution in [0.3, 0.4) is 0 Å². The maximum Gasteiger partial charge on any atom is 0.237 e. The zero-order valence-electron chi connectivity index (χ0n) is 17.0. The molecule has 1 aliphatic heterocycles. The molecular formula is C23H27N5O2. The topological polar surface area (TPSA) is 86.3 Å². The SMILES string of the molecule is NC(=O)Cn1ccc2c(OC3CCN(c4ccnc(C5CCC5)n4)CC3)cccc21. The van der Waals surface area contributed by atoms with Crippen molar-refractivity contribution in [3.05, 3.63) is 48.5 Å². The van der Waals surface area contributed by atoms with Crippen LogP contribution in [0.15, 0.2) is 42.7 Å². The lowest BCUT2D eigenvalue weighted by molar-refractivity contribution is -0.118. The average Bonchev–Trinajstić information content (AvgIpc) is 3.11. The summed E-state index contributed by atoms with van der Waals surface area (Å²) < 4.78 is 8.23. The van der Waals surface area contributed by atoms with E-state index in [9.17, 15) is 4.79 Å². The monoisotopic (exact) mass is 405 g/mol. The maximum atomic E-state index is 11.3. The van der Waals surface area contributed by atoms with Crippen LogP contribution < -0.4 is 15.4 Å². The summed E-state index contributed by atoms with van der Waals surface area (Å²) in [6.07, 6.45) is 9.56. The molecule has 2 aromatic heterocycles. The molecule has 30 heavy (non-hydrogen) atoms. The molecule has 2 N–H and O–H groups in total. The second-order valence-electron chi connectivity index (χ2n) is 8.30. The van der Waals surface area contributed by atoms with Crippen molar-refractivity contribution in [2.24, 2.45) is 5.73 Å². The van der Waals surface area contributed by atoms with Crippen molar-refractivity contribution < 1.29 is 9.53 Å². The average molecular weight is 406 g/mol. The lowest BCUT2D eigenvalue weighted by Gasteiger charge is -2.33. The zero-order chi connectivity index (χ0) is 20.5. The van der Waals surface area contributed by atoms with Gasteiger partial charge in [0.05, 0.1) is 5.52 Å². The number of hydrogen-bond donors (Lipinski definition) is 1. The van der Waals surface area contributed by atoms with Crippen molar-refractivity contribution in [3.8, 4) is 5.75 Å². The van der Waals surface area contributed by atoms with E-state index in [0.29, 0.717) is 5.92 Å². The van der Waals surface area contributed by atoms with Crippen LogP contribution >= 0.6 is 0 Å². The zero-order valence-corrected chi connectivity index (χ0v) is 17.0. The molecule has 7 nitrogen and oxygen atoms in total. The van der Waals surface area contributed by atoms with E-state index >= 15 is 0 Å². The van der Waals surface area contributed by atoms with Crippen molar-refractivity contribution >= 4 is 22.6 Å². The fourth-order valence-electron chi connectivity index (χ4n) is 4.39. The molecule has 0 atom stereocenters. The molecule has 3 heterocycles. The predicted molar refractivity (Wildman–Crippen MR) is 116 cm³/mol. The Labute approximate surface area is 175 Å². The quantitative estimate of drug-likeness (QED) is 0.680. The molecule has 156 valence electrons. The first kappa shape index (κ1) is 18.9. The molecule has 1 aliphatic carbocycles. The lowest BCUT2D eigenvalue weighted by atomic mass is 9.85. The second kappa shape index (κ2) is 7.97. The van der Waals surface area contributed by atoms with Crippen molar-refractivity contribution in [3.63, 3.8) is 0 Å². The van der Waals surface area contributed by atoms with Gasteiger partial charge in [0.2, 0.25) is 5.91 Å². The number of carbonyl (C=O) groups is 1. The predicted octanol–water partition coefficient (Wildman–Crippen LogP) is 3.23. The Kier molecular flexibility index (Phi) is 5.02. The summed E-state index contributed by atoms with van der Waals surface area (Å²) in [4.78, 5) is 22.9. The van der Waals surface area contributed by atoms with Crippen LogP contribution in [0.25, 0.3) is 10.9 Å². The van der Waals surface area contributed by atoms with Crippen molar-refractivity contribution in [1.29, 1.82) is 0 Å². The van der Waals surface area contributed by atoms with Crippen molar-refractivity contribution in [2.45, 2.75) is 50.7 Å². The minimum atomic E-state index is -0.351. The Bertz CT molecular complexity index is 1050. The van der Waals surface area contributed by atoms with Gasteiger partial charge in [-0.3, -0.25) is 4.79 Å². The van der Waals surface area contributed by atoms with Gasteiger partial charge in [-0.15, -0.1) is 0 Å². The number of amides is 1. The first-order valence-electron chi connectivity index (χ1n) is 10.8. The molecule has 2 aliphatic rings. The first-order chi connectivity index (χ1) is 14.7. The van der Waals surface area contributed by atoms with Crippen LogP contribution in [0.2, 0.25) is 0 Å². The van der Waals surface area contributed by atoms with Gasteiger partial charge < -0.3 is 19.9 Å². The number of anilines is 1. The van der Waals surface area contributed by atoms with Gasteiger partial charge in [-0.2, -0.15) is 0 Å². The van der Waals surface area contributed by atoms with Gasteiger partial charge in [-0.05, 0) is 37.1 Å². The Morgan fingerprint density at radius 1 is 1.13 bits per heavy atom. The number of nitrogens with zero attached hydrogens (tertiary/aromatic N) is 4. The van der Waals surface area contributed by atoms with E-state index in [0.717, 1.165) is 54.2 Å². The van der Waals surface area contributed by atoms with Gasteiger partial charge >= 0.3 is 0 Å². The summed E-state index contributed by atoms with van der Waals surface area (Å²) in [7, 11) is 0. The van der Waals surface area contributed by atoms with Crippen molar-refractivity contribution in [2.75, 3.05) is 18.0 Å². The molecule has 1 saturated heterocycles. The number of aromatic nitrogens is 3. The van der Waals surface area contributed by atoms with Crippen LogP contribution in [-0.2, 0) is 11.3 Å². The van der Waals surface area contributed by atoms with Crippen LogP contribution in [-0.4, -0.2) is 39.6 Å². The number of hydrogen-bond acceptors (Lipinski definition) is 5. The summed E-state index contributed by atoms with van der Waals surface area (Å²) in [5.41, 5.74) is 6.32. The number of carbonyl (C=O) groups excluding carboxylic acids is 1. The van der Waals surface area contributed by atoms with Crippen LogP contribution in [0, 0.1) is 0 Å². The minimum Gasteiger partial charge on any atom is -0.490 e. The van der Waals surface area contributed by atoms with Gasteiger partial charge in [0.15, 0.2) is 0 Å². The summed E-state index contributed by atoms with van der Waals surface area (Å²) >= 11 is 0. The van der Waals surface area contributed by atoms with E-state index in [1.807, 2.05) is 47.3 Å². The summed E-state index contributed by atoms with van der Waals surface area (Å²) in [6.45, 7) is 2.02. The highest BCUT2D eigenvalue weighted by molar-refractivity contribution is 5.87. The number of fused-ring (bicyclic) bond motifs is 1. The van der Waals surface area contributed by atoms with Crippen LogP contribution in [0.1, 0.15) is 43.8 Å². The molecule has 1 aromatic carbocycles. The summed E-state index contributed by atoms with van der Waals surface area (Å²) in [6, 6.07) is 9.96. The molecule has 5 rings (SSSR count). The van der Waals surface area contributed by atoms with Crippen LogP contribution in [0.4, 0.5) is 5.82 Å². The van der Waals surface area contributed by atoms with E-state index in [-0.39, 0.29) is 18.6 Å². The third-order valence-electron chi connectivity index (χ3n) is 6.29. The smallest absolute Gasteiger partial charge is 0.237 e. The Morgan fingerprint density at radius 2 is 1.97 bits per heavy atom. The lowest BCUT2D eigenvalue weighted by Crippen LogP contribution is -2.39. The number of primary amides is 1. The molecule has 2 fully saturated rings. The Hall–Kier alpha value is -3.09. The molecule has 7 heteroatoms. The second-order valence-corrected chi connectivity index (χ2v) is 8.30. The van der Waals surface area contributed by atoms with E-state index in [1.165, 1.54) is 19.3 Å². The van der Waals surface area contributed by atoms with E-state index < -0.39 is 0 Å². The van der Waals surface area contributed by atoms with Gasteiger partial charge in [0, 0.05) is 49.6 Å². The van der Waals surface area contributed by atoms with E-state index in [2.05, 4.69) is 9.88 Å². The Balaban J connectivity index is 1.24. The number of piperidine rings is 1. The van der Waals surface area contributed by atoms with Gasteiger partial charge in [-0.25, -0.2) is 9.97 Å². The number of benzene rings is 1. The molecule has 0 spiro atoms. The summed E-state index contributed by atoms with van der Waals surface area (Å²) in [5, 5.41) is 1.02. The van der Waals surface area contributed by atoms with Gasteiger partial charge in [-0.1, -0.05) is 12.5 Å². The molecular weight excluding hydrogens is 378 g/mol. The normalized spacial score (nSPS) is 17.8. The third-order valence-corrected chi connectivity index (χ3v) is 6.29. The first-order valence-corrected chi connectivity index (χ1v) is 10.8. The largest absolute Gasteiger partial charge is 0.490 e. The van der Waals surface area contributed by atoms with Gasteiger partial charge in [0.25, 0.3) is 0 Å². The third kappa shape index (κ3) is 3.72. The molecule has 0 bridgehead atoms. The van der Waals surface area contributed by atoms with Crippen LogP contribution in [0.5, 0.6) is 5.75 Å².